The molecule has 0 heterocycles. The van der Waals surface area contributed by atoms with E-state index in [4.69, 9.17) is 5.11 Å². The number of rotatable bonds is 13. The lowest BCUT2D eigenvalue weighted by Gasteiger charge is -2.20. The Morgan fingerprint density at radius 3 is 2.42 bits per heavy atom. The van der Waals surface area contributed by atoms with E-state index in [-0.39, 0.29) is 36.9 Å². The van der Waals surface area contributed by atoms with Crippen LogP contribution in [0.1, 0.15) is 71.1 Å². The van der Waals surface area contributed by atoms with Gasteiger partial charge in [0, 0.05) is 37.5 Å². The molecule has 1 unspecified atom stereocenters. The van der Waals surface area contributed by atoms with Gasteiger partial charge in [0.25, 0.3) is 0 Å². The number of unbranched alkanes of at least 4 members (excludes halogenated alkanes) is 3. The molecule has 0 amide bonds. The maximum atomic E-state index is 12.1. The number of hydrogen-bond acceptors (Lipinski definition) is 5. The molecule has 1 rings (SSSR count). The van der Waals surface area contributed by atoms with Gasteiger partial charge < -0.3 is 20.4 Å². The van der Waals surface area contributed by atoms with Crippen LogP contribution in [0.5, 0.6) is 0 Å². The SMILES string of the molecule is CCCCCC(O)/C=C/[C@@H]1[C@@H](CC(=O)CCCCC(=O)O)[C@@H](O)C[C@H]1O. The van der Waals surface area contributed by atoms with E-state index in [0.717, 1.165) is 19.3 Å². The zero-order valence-electron chi connectivity index (χ0n) is 15.7. The molecule has 1 saturated carbocycles. The second-order valence-electron chi connectivity index (χ2n) is 7.40. The van der Waals surface area contributed by atoms with Gasteiger partial charge in [0.15, 0.2) is 0 Å². The first-order chi connectivity index (χ1) is 12.3. The lowest BCUT2D eigenvalue weighted by molar-refractivity contribution is -0.137. The molecule has 150 valence electrons. The predicted octanol–water partition coefficient (Wildman–Crippen LogP) is 2.45. The second-order valence-corrected chi connectivity index (χ2v) is 7.40. The summed E-state index contributed by atoms with van der Waals surface area (Å²) in [5.74, 6) is -1.57. The largest absolute Gasteiger partial charge is 0.481 e. The summed E-state index contributed by atoms with van der Waals surface area (Å²) in [7, 11) is 0. The number of carbonyl (C=O) groups is 2. The fourth-order valence-corrected chi connectivity index (χ4v) is 3.58. The van der Waals surface area contributed by atoms with Crippen LogP contribution in [-0.4, -0.2) is 50.5 Å². The second kappa shape index (κ2) is 12.2. The van der Waals surface area contributed by atoms with Crippen molar-refractivity contribution in [2.75, 3.05) is 0 Å². The monoisotopic (exact) mass is 370 g/mol. The first-order valence-corrected chi connectivity index (χ1v) is 9.81. The van der Waals surface area contributed by atoms with Crippen molar-refractivity contribution in [3.8, 4) is 0 Å². The van der Waals surface area contributed by atoms with Crippen molar-refractivity contribution in [3.05, 3.63) is 12.2 Å². The Morgan fingerprint density at radius 2 is 1.77 bits per heavy atom. The van der Waals surface area contributed by atoms with Gasteiger partial charge in [0.05, 0.1) is 18.3 Å². The fraction of sp³-hybridized carbons (Fsp3) is 0.800. The Hall–Kier alpha value is -1.24. The van der Waals surface area contributed by atoms with Crippen LogP contribution in [0, 0.1) is 11.8 Å². The molecule has 0 aliphatic heterocycles. The lowest BCUT2D eigenvalue weighted by Crippen LogP contribution is -2.24. The summed E-state index contributed by atoms with van der Waals surface area (Å²) in [5.41, 5.74) is 0. The molecule has 26 heavy (non-hydrogen) atoms. The minimum atomic E-state index is -0.866. The molecule has 0 aromatic rings. The third-order valence-electron chi connectivity index (χ3n) is 5.13. The van der Waals surface area contributed by atoms with Crippen LogP contribution in [0.3, 0.4) is 0 Å². The van der Waals surface area contributed by atoms with Crippen LogP contribution in [-0.2, 0) is 9.59 Å². The number of ketones is 1. The Balaban J connectivity index is 2.50. The van der Waals surface area contributed by atoms with Crippen molar-refractivity contribution in [3.63, 3.8) is 0 Å². The average molecular weight is 370 g/mol. The normalized spacial score (nSPS) is 27.1. The van der Waals surface area contributed by atoms with E-state index >= 15 is 0 Å². The maximum Gasteiger partial charge on any atom is 0.303 e. The summed E-state index contributed by atoms with van der Waals surface area (Å²) in [5, 5.41) is 39.0. The van der Waals surface area contributed by atoms with E-state index in [9.17, 15) is 24.9 Å². The zero-order valence-corrected chi connectivity index (χ0v) is 15.7. The molecule has 0 bridgehead atoms. The lowest BCUT2D eigenvalue weighted by atomic mass is 9.87. The molecule has 0 saturated heterocycles. The summed E-state index contributed by atoms with van der Waals surface area (Å²) in [6.45, 7) is 2.10. The first-order valence-electron chi connectivity index (χ1n) is 9.81. The summed E-state index contributed by atoms with van der Waals surface area (Å²) in [6, 6.07) is 0. The topological polar surface area (TPSA) is 115 Å². The zero-order chi connectivity index (χ0) is 19.5. The van der Waals surface area contributed by atoms with Gasteiger partial charge in [-0.25, -0.2) is 0 Å². The van der Waals surface area contributed by atoms with Crippen molar-refractivity contribution in [2.45, 2.75) is 89.4 Å². The number of carboxylic acid groups (broad SMARTS) is 1. The van der Waals surface area contributed by atoms with Gasteiger partial charge in [-0.05, 0) is 19.3 Å². The number of aliphatic carboxylic acids is 1. The first kappa shape index (κ1) is 22.8. The van der Waals surface area contributed by atoms with Crippen LogP contribution in [0.25, 0.3) is 0 Å². The van der Waals surface area contributed by atoms with Crippen molar-refractivity contribution >= 4 is 11.8 Å². The molecule has 0 radical (unpaired) electrons. The molecule has 6 heteroatoms. The van der Waals surface area contributed by atoms with E-state index in [2.05, 4.69) is 6.92 Å². The van der Waals surface area contributed by atoms with E-state index in [1.54, 1.807) is 12.2 Å². The molecule has 1 aliphatic carbocycles. The summed E-state index contributed by atoms with van der Waals surface area (Å²) >= 11 is 0. The molecule has 0 aromatic heterocycles. The van der Waals surface area contributed by atoms with Crippen LogP contribution in [0.2, 0.25) is 0 Å². The summed E-state index contributed by atoms with van der Waals surface area (Å²) < 4.78 is 0. The third-order valence-corrected chi connectivity index (χ3v) is 5.13. The molecule has 4 N–H and O–H groups in total. The molecule has 1 fully saturated rings. The van der Waals surface area contributed by atoms with E-state index in [1.807, 2.05) is 0 Å². The number of hydrogen-bond donors (Lipinski definition) is 4. The summed E-state index contributed by atoms with van der Waals surface area (Å²) in [4.78, 5) is 22.6. The molecule has 5 atom stereocenters. The van der Waals surface area contributed by atoms with Crippen LogP contribution in [0.4, 0.5) is 0 Å². The number of aliphatic hydroxyl groups excluding tert-OH is 3. The molecular weight excluding hydrogens is 336 g/mol. The van der Waals surface area contributed by atoms with E-state index < -0.39 is 24.3 Å². The molecule has 6 nitrogen and oxygen atoms in total. The van der Waals surface area contributed by atoms with Gasteiger partial charge in [0.2, 0.25) is 0 Å². The van der Waals surface area contributed by atoms with Gasteiger partial charge in [0.1, 0.15) is 5.78 Å². The molecular formula is C20H34O6. The van der Waals surface area contributed by atoms with Crippen molar-refractivity contribution in [1.29, 1.82) is 0 Å². The van der Waals surface area contributed by atoms with Gasteiger partial charge in [-0.15, -0.1) is 0 Å². The molecule has 0 spiro atoms. The predicted molar refractivity (Wildman–Crippen MR) is 98.6 cm³/mol. The van der Waals surface area contributed by atoms with Crippen LogP contribution >= 0.6 is 0 Å². The fourth-order valence-electron chi connectivity index (χ4n) is 3.58. The van der Waals surface area contributed by atoms with Gasteiger partial charge >= 0.3 is 5.97 Å². The van der Waals surface area contributed by atoms with E-state index in [0.29, 0.717) is 25.7 Å². The Morgan fingerprint density at radius 1 is 1.08 bits per heavy atom. The van der Waals surface area contributed by atoms with Gasteiger partial charge in [-0.1, -0.05) is 38.3 Å². The summed E-state index contributed by atoms with van der Waals surface area (Å²) in [6.07, 6.45) is 6.90. The minimum Gasteiger partial charge on any atom is -0.481 e. The highest BCUT2D eigenvalue weighted by Gasteiger charge is 2.41. The van der Waals surface area contributed by atoms with Gasteiger partial charge in [-0.3, -0.25) is 9.59 Å². The Labute approximate surface area is 155 Å². The molecule has 0 aromatic carbocycles. The highest BCUT2D eigenvalue weighted by molar-refractivity contribution is 5.78. The van der Waals surface area contributed by atoms with Crippen LogP contribution < -0.4 is 0 Å². The van der Waals surface area contributed by atoms with Crippen molar-refractivity contribution in [1.82, 2.24) is 0 Å². The average Bonchev–Trinajstić information content (AvgIpc) is 2.83. The number of Topliss-reactive ketones (excluding diaryl/α,β-unsaturated/α-hetero) is 1. The minimum absolute atomic E-state index is 0.0181. The number of carboxylic acids is 1. The van der Waals surface area contributed by atoms with Gasteiger partial charge in [-0.2, -0.15) is 0 Å². The molecule has 1 aliphatic rings. The third kappa shape index (κ3) is 8.43. The number of carbonyl (C=O) groups excluding carboxylic acids is 1. The highest BCUT2D eigenvalue weighted by Crippen LogP contribution is 2.36. The maximum absolute atomic E-state index is 12.1. The van der Waals surface area contributed by atoms with Crippen molar-refractivity contribution in [2.24, 2.45) is 11.8 Å². The van der Waals surface area contributed by atoms with E-state index in [1.165, 1.54) is 0 Å². The van der Waals surface area contributed by atoms with Crippen LogP contribution in [0.15, 0.2) is 12.2 Å². The standard InChI is InChI=1S/C20H34O6/c1-2-3-4-7-14(21)10-11-16-17(19(24)13-18(16)23)12-15(22)8-5-6-9-20(25)26/h10-11,14,16-19,21,23-24H,2-9,12-13H2,1H3,(H,25,26)/b11-10+/t14?,16-,17-,18-,19+/m1/s1. The Bertz CT molecular complexity index is 461. The quantitative estimate of drug-likeness (QED) is 0.292. The highest BCUT2D eigenvalue weighted by atomic mass is 16.4. The Kier molecular flexibility index (Phi) is 10.7. The smallest absolute Gasteiger partial charge is 0.303 e. The number of aliphatic hydroxyl groups is 3. The van der Waals surface area contributed by atoms with Crippen molar-refractivity contribution < 1.29 is 30.0 Å².